The summed E-state index contributed by atoms with van der Waals surface area (Å²) in [6.07, 6.45) is 7.97. The van der Waals surface area contributed by atoms with Crippen LogP contribution in [0, 0.1) is 5.82 Å². The number of benzene rings is 2. The van der Waals surface area contributed by atoms with E-state index in [9.17, 15) is 4.39 Å². The number of aromatic amines is 1. The molecule has 0 saturated heterocycles. The lowest BCUT2D eigenvalue weighted by Gasteiger charge is -2.42. The van der Waals surface area contributed by atoms with Gasteiger partial charge in [0.05, 0.1) is 5.69 Å². The Bertz CT molecular complexity index is 1230. The van der Waals surface area contributed by atoms with Gasteiger partial charge in [-0.05, 0) is 60.0 Å². The third-order valence-electron chi connectivity index (χ3n) is 5.14. The van der Waals surface area contributed by atoms with E-state index in [2.05, 4.69) is 62.6 Å². The molecular weight excluding hydrogens is 407 g/mol. The van der Waals surface area contributed by atoms with Gasteiger partial charge in [0.15, 0.2) is 0 Å². The number of nitrogens with one attached hydrogen (secondary N) is 2. The number of H-pyrrole nitrogens is 1. The second-order valence-corrected chi connectivity index (χ2v) is 14.1. The Morgan fingerprint density at radius 1 is 0.935 bits per heavy atom. The van der Waals surface area contributed by atoms with Crippen LogP contribution in [-0.2, 0) is 12.3 Å². The van der Waals surface area contributed by atoms with Crippen LogP contribution in [0.25, 0.3) is 22.4 Å². The van der Waals surface area contributed by atoms with Crippen molar-refractivity contribution in [2.45, 2.75) is 12.3 Å². The number of halogens is 1. The molecule has 0 saturated carbocycles. The first-order valence-electron chi connectivity index (χ1n) is 10.0. The Labute approximate surface area is 182 Å². The van der Waals surface area contributed by atoms with Crippen LogP contribution in [0.5, 0.6) is 0 Å². The summed E-state index contributed by atoms with van der Waals surface area (Å²) in [4.78, 5) is 4.14. The minimum Gasteiger partial charge on any atom is -0.280 e. The van der Waals surface area contributed by atoms with Crippen molar-refractivity contribution in [1.82, 2.24) is 19.9 Å². The van der Waals surface area contributed by atoms with Crippen LogP contribution < -0.4 is 4.72 Å². The summed E-state index contributed by atoms with van der Waals surface area (Å²) >= 11 is 0. The molecule has 2 heterocycles. The number of hydrogen-bond acceptors (Lipinski definition) is 3. The van der Waals surface area contributed by atoms with Gasteiger partial charge in [0.1, 0.15) is 11.5 Å². The Hall–Kier alpha value is -3.09. The van der Waals surface area contributed by atoms with Gasteiger partial charge in [-0.3, -0.25) is 14.8 Å². The summed E-state index contributed by atoms with van der Waals surface area (Å²) < 4.78 is 17.2. The van der Waals surface area contributed by atoms with E-state index in [-0.39, 0.29) is 5.82 Å². The van der Waals surface area contributed by atoms with E-state index in [1.165, 1.54) is 17.7 Å². The van der Waals surface area contributed by atoms with Gasteiger partial charge in [0, 0.05) is 35.8 Å². The molecule has 0 spiro atoms. The van der Waals surface area contributed by atoms with Gasteiger partial charge < -0.3 is 0 Å². The van der Waals surface area contributed by atoms with Crippen molar-refractivity contribution in [3.05, 3.63) is 96.2 Å². The molecule has 4 aromatic rings. The van der Waals surface area contributed by atoms with Gasteiger partial charge in [-0.25, -0.2) is 13.3 Å². The lowest BCUT2D eigenvalue weighted by atomic mass is 10.00. The zero-order valence-electron chi connectivity index (χ0n) is 17.8. The van der Waals surface area contributed by atoms with Crippen molar-refractivity contribution in [3.63, 3.8) is 0 Å². The first kappa shape index (κ1) is 21.2. The van der Waals surface area contributed by atoms with Crippen molar-refractivity contribution >= 4 is 14.8 Å². The third kappa shape index (κ3) is 5.16. The van der Waals surface area contributed by atoms with Gasteiger partial charge in [-0.1, -0.05) is 36.2 Å². The molecule has 0 atom stereocenters. The van der Waals surface area contributed by atoms with E-state index in [4.69, 9.17) is 0 Å². The molecule has 4 nitrogen and oxygen atoms in total. The maximum atomic E-state index is 13.5. The first-order valence-corrected chi connectivity index (χ1v) is 13.2. The highest BCUT2D eigenvalue weighted by molar-refractivity contribution is 8.43. The lowest BCUT2D eigenvalue weighted by molar-refractivity contribution is 0.628. The normalized spacial score (nSPS) is 12.9. The summed E-state index contributed by atoms with van der Waals surface area (Å²) in [5.41, 5.74) is 5.89. The highest BCUT2D eigenvalue weighted by atomic mass is 32.3. The summed E-state index contributed by atoms with van der Waals surface area (Å²) in [5, 5.41) is 7.79. The zero-order valence-corrected chi connectivity index (χ0v) is 18.6. The predicted octanol–water partition coefficient (Wildman–Crippen LogP) is 5.51. The highest BCUT2D eigenvalue weighted by Crippen LogP contribution is 2.49. The summed E-state index contributed by atoms with van der Waals surface area (Å²) in [5.74, 6) is 5.21. The molecule has 0 aliphatic heterocycles. The highest BCUT2D eigenvalue weighted by Gasteiger charge is 2.22. The van der Waals surface area contributed by atoms with Gasteiger partial charge in [0.2, 0.25) is 0 Å². The van der Waals surface area contributed by atoms with E-state index < -0.39 is 8.94 Å². The second-order valence-electron chi connectivity index (χ2n) is 8.58. The summed E-state index contributed by atoms with van der Waals surface area (Å²) in [6, 6.07) is 20.8. The Morgan fingerprint density at radius 2 is 1.61 bits per heavy atom. The van der Waals surface area contributed by atoms with Crippen LogP contribution in [0.2, 0.25) is 0 Å². The molecule has 31 heavy (non-hydrogen) atoms. The van der Waals surface area contributed by atoms with E-state index in [0.717, 1.165) is 33.8 Å². The molecule has 2 aromatic carbocycles. The molecule has 0 radical (unpaired) electrons. The molecule has 0 fully saturated rings. The molecule has 2 N–H and O–H groups in total. The first-order chi connectivity index (χ1) is 14.8. The minimum atomic E-state index is -2.14. The van der Waals surface area contributed by atoms with Crippen LogP contribution in [-0.4, -0.2) is 33.6 Å². The largest absolute Gasteiger partial charge is 0.280 e. The Morgan fingerprint density at radius 3 is 2.29 bits per heavy atom. The van der Waals surface area contributed by atoms with E-state index >= 15 is 0 Å². The maximum absolute atomic E-state index is 13.5. The topological polar surface area (TPSA) is 53.6 Å². The zero-order chi connectivity index (χ0) is 21.9. The molecular formula is C25H27FN4S. The monoisotopic (exact) mass is 434 g/mol. The van der Waals surface area contributed by atoms with Crippen molar-refractivity contribution in [3.8, 4) is 22.4 Å². The van der Waals surface area contributed by atoms with Crippen molar-refractivity contribution in [1.29, 1.82) is 0 Å². The fourth-order valence-electron chi connectivity index (χ4n) is 3.63. The fourth-order valence-corrected chi connectivity index (χ4v) is 5.63. The van der Waals surface area contributed by atoms with E-state index in [1.54, 1.807) is 24.5 Å². The maximum Gasteiger partial charge on any atom is 0.123 e. The molecule has 0 aliphatic carbocycles. The van der Waals surface area contributed by atoms with Crippen LogP contribution in [0.1, 0.15) is 11.3 Å². The quantitative estimate of drug-likeness (QED) is 0.377. The number of rotatable bonds is 7. The van der Waals surface area contributed by atoms with Crippen molar-refractivity contribution < 1.29 is 4.39 Å². The minimum absolute atomic E-state index is 0.266. The van der Waals surface area contributed by atoms with Crippen LogP contribution in [0.15, 0.2) is 79.1 Å². The summed E-state index contributed by atoms with van der Waals surface area (Å²) in [6.45, 7) is 0.594. The standard InChI is InChI=1S/C25H27FN4S/c1-31(2,3,18-19-7-5-4-6-8-19)28-17-23-24(20-13-15-27-16-14-20)25(30-29-23)21-9-11-22(26)12-10-21/h4-16,28H,1,17-18H2,2-3H3,(H,29,30). The van der Waals surface area contributed by atoms with Crippen LogP contribution in [0.3, 0.4) is 0 Å². The molecule has 0 aliphatic rings. The van der Waals surface area contributed by atoms with Gasteiger partial charge in [-0.2, -0.15) is 5.10 Å². The molecule has 6 heteroatoms. The molecule has 4 rings (SSSR count). The van der Waals surface area contributed by atoms with E-state index in [0.29, 0.717) is 6.54 Å². The Balaban J connectivity index is 1.67. The van der Waals surface area contributed by atoms with Gasteiger partial charge in [0.25, 0.3) is 0 Å². The predicted molar refractivity (Wildman–Crippen MR) is 131 cm³/mol. The van der Waals surface area contributed by atoms with Crippen molar-refractivity contribution in [2.75, 3.05) is 12.5 Å². The SMILES string of the molecule is C=S(C)(C)(Cc1ccccc1)NCc1[nH]nc(-c2ccc(F)cc2)c1-c1ccncc1. The number of hydrogen-bond donors (Lipinski definition) is 2. The molecule has 0 bridgehead atoms. The third-order valence-corrected chi connectivity index (χ3v) is 7.53. The average molecular weight is 435 g/mol. The lowest BCUT2D eigenvalue weighted by Crippen LogP contribution is -2.26. The average Bonchev–Trinajstić information content (AvgIpc) is 3.18. The fraction of sp³-hybridized carbons (Fsp3) is 0.160. The number of pyridine rings is 1. The van der Waals surface area contributed by atoms with Gasteiger partial charge in [-0.15, -0.1) is 0 Å². The van der Waals surface area contributed by atoms with E-state index in [1.807, 2.05) is 18.2 Å². The van der Waals surface area contributed by atoms with Gasteiger partial charge >= 0.3 is 0 Å². The number of aromatic nitrogens is 3. The van der Waals surface area contributed by atoms with Crippen LogP contribution >= 0.6 is 8.94 Å². The second kappa shape index (κ2) is 8.21. The van der Waals surface area contributed by atoms with Crippen LogP contribution in [0.4, 0.5) is 4.39 Å². The number of nitrogens with zero attached hydrogens (tertiary/aromatic N) is 2. The molecule has 160 valence electrons. The van der Waals surface area contributed by atoms with Crippen molar-refractivity contribution in [2.24, 2.45) is 0 Å². The smallest absolute Gasteiger partial charge is 0.123 e. The molecule has 0 amide bonds. The molecule has 2 aromatic heterocycles. The molecule has 0 unspecified atom stereocenters. The Kier molecular flexibility index (Phi) is 5.60. The summed E-state index contributed by atoms with van der Waals surface area (Å²) in [7, 11) is -2.14.